The van der Waals surface area contributed by atoms with Crippen LogP contribution in [-0.2, 0) is 9.59 Å². The molecule has 2 amide bonds. The van der Waals surface area contributed by atoms with Gasteiger partial charge in [-0.1, -0.05) is 0 Å². The Balaban J connectivity index is 1.59. The lowest BCUT2D eigenvalue weighted by Gasteiger charge is -2.32. The standard InChI is InChI=1S/C21H24F4N2O4/c22-20(23)30-16-5-3-14(17(13-16)31-21(24)25)4-6-18(28)26-11-7-15(8-12-26)19(29)27-9-1-2-10-27/h3-6,13,15,20-21H,1-2,7-12H2/b6-4+. The zero-order chi connectivity index (χ0) is 22.4. The zero-order valence-corrected chi connectivity index (χ0v) is 16.8. The number of nitrogens with zero attached hydrogens (tertiary/aromatic N) is 2. The van der Waals surface area contributed by atoms with Crippen LogP contribution in [0.4, 0.5) is 17.6 Å². The van der Waals surface area contributed by atoms with E-state index >= 15 is 0 Å². The number of carbonyl (C=O) groups is 2. The molecule has 170 valence electrons. The average molecular weight is 444 g/mol. The summed E-state index contributed by atoms with van der Waals surface area (Å²) in [6, 6.07) is 3.34. The van der Waals surface area contributed by atoms with Crippen LogP contribution in [0.15, 0.2) is 24.3 Å². The number of benzene rings is 1. The van der Waals surface area contributed by atoms with Gasteiger partial charge in [-0.15, -0.1) is 0 Å². The molecule has 0 atom stereocenters. The van der Waals surface area contributed by atoms with Crippen LogP contribution in [0.1, 0.15) is 31.2 Å². The summed E-state index contributed by atoms with van der Waals surface area (Å²) >= 11 is 0. The van der Waals surface area contributed by atoms with Crippen LogP contribution in [0.25, 0.3) is 6.08 Å². The minimum atomic E-state index is -3.17. The Morgan fingerprint density at radius 1 is 0.935 bits per heavy atom. The molecule has 2 saturated heterocycles. The molecule has 2 fully saturated rings. The van der Waals surface area contributed by atoms with E-state index in [9.17, 15) is 27.2 Å². The Morgan fingerprint density at radius 3 is 2.19 bits per heavy atom. The maximum Gasteiger partial charge on any atom is 0.387 e. The largest absolute Gasteiger partial charge is 0.435 e. The number of hydrogen-bond donors (Lipinski definition) is 0. The van der Waals surface area contributed by atoms with Gasteiger partial charge in [0.05, 0.1) is 0 Å². The maximum atomic E-state index is 12.7. The quantitative estimate of drug-likeness (QED) is 0.475. The van der Waals surface area contributed by atoms with Crippen molar-refractivity contribution in [3.8, 4) is 11.5 Å². The van der Waals surface area contributed by atoms with Crippen molar-refractivity contribution in [3.05, 3.63) is 29.8 Å². The maximum absolute atomic E-state index is 12.7. The number of rotatable bonds is 7. The van der Waals surface area contributed by atoms with Crippen LogP contribution in [-0.4, -0.2) is 61.0 Å². The Hall–Kier alpha value is -2.78. The van der Waals surface area contributed by atoms with Gasteiger partial charge in [0.15, 0.2) is 0 Å². The molecule has 0 radical (unpaired) electrons. The van der Waals surface area contributed by atoms with Crippen molar-refractivity contribution in [2.24, 2.45) is 5.92 Å². The molecule has 0 saturated carbocycles. The molecule has 3 rings (SSSR count). The van der Waals surface area contributed by atoms with Gasteiger partial charge in [-0.05, 0) is 43.9 Å². The molecule has 31 heavy (non-hydrogen) atoms. The monoisotopic (exact) mass is 444 g/mol. The minimum absolute atomic E-state index is 0.0837. The summed E-state index contributed by atoms with van der Waals surface area (Å²) in [6.07, 6.45) is 5.71. The van der Waals surface area contributed by atoms with Crippen molar-refractivity contribution in [2.45, 2.75) is 38.9 Å². The van der Waals surface area contributed by atoms with Gasteiger partial charge >= 0.3 is 13.2 Å². The third kappa shape index (κ3) is 6.35. The Bertz CT molecular complexity index is 805. The number of halogens is 4. The van der Waals surface area contributed by atoms with E-state index in [4.69, 9.17) is 0 Å². The lowest BCUT2D eigenvalue weighted by Crippen LogP contribution is -2.43. The summed E-state index contributed by atoms with van der Waals surface area (Å²) in [4.78, 5) is 28.4. The molecule has 1 aromatic rings. The van der Waals surface area contributed by atoms with Gasteiger partial charge in [0.2, 0.25) is 11.8 Å². The molecular weight excluding hydrogens is 420 g/mol. The second-order valence-electron chi connectivity index (χ2n) is 7.42. The molecule has 0 N–H and O–H groups in total. The van der Waals surface area contributed by atoms with Crippen LogP contribution >= 0.6 is 0 Å². The third-order valence-electron chi connectivity index (χ3n) is 5.41. The van der Waals surface area contributed by atoms with Crippen LogP contribution in [0.2, 0.25) is 0 Å². The summed E-state index contributed by atoms with van der Waals surface area (Å²) in [5.41, 5.74) is 0.120. The van der Waals surface area contributed by atoms with E-state index in [1.54, 1.807) is 4.90 Å². The molecule has 2 aliphatic rings. The highest BCUT2D eigenvalue weighted by Gasteiger charge is 2.30. The second-order valence-corrected chi connectivity index (χ2v) is 7.42. The summed E-state index contributed by atoms with van der Waals surface area (Å²) in [6.45, 7) is -3.83. The molecule has 0 bridgehead atoms. The van der Waals surface area contributed by atoms with E-state index < -0.39 is 13.2 Å². The number of likely N-dealkylation sites (tertiary alicyclic amines) is 2. The van der Waals surface area contributed by atoms with E-state index in [1.807, 2.05) is 4.90 Å². The minimum Gasteiger partial charge on any atom is -0.435 e. The molecule has 2 heterocycles. The van der Waals surface area contributed by atoms with Gasteiger partial charge in [-0.25, -0.2) is 0 Å². The topological polar surface area (TPSA) is 59.1 Å². The molecule has 10 heteroatoms. The van der Waals surface area contributed by atoms with E-state index in [2.05, 4.69) is 9.47 Å². The molecule has 2 aliphatic heterocycles. The number of ether oxygens (including phenoxy) is 2. The molecule has 1 aromatic carbocycles. The first-order chi connectivity index (χ1) is 14.8. The summed E-state index contributed by atoms with van der Waals surface area (Å²) in [5, 5.41) is 0. The zero-order valence-electron chi connectivity index (χ0n) is 16.8. The van der Waals surface area contributed by atoms with Crippen LogP contribution in [0, 0.1) is 5.92 Å². The highest BCUT2D eigenvalue weighted by molar-refractivity contribution is 5.92. The first-order valence-corrected chi connectivity index (χ1v) is 10.1. The fraction of sp³-hybridized carbons (Fsp3) is 0.524. The highest BCUT2D eigenvalue weighted by Crippen LogP contribution is 2.29. The van der Waals surface area contributed by atoms with Crippen LogP contribution in [0.3, 0.4) is 0 Å². The second kappa shape index (κ2) is 10.5. The van der Waals surface area contributed by atoms with Crippen molar-refractivity contribution >= 4 is 17.9 Å². The van der Waals surface area contributed by atoms with Gasteiger partial charge in [-0.2, -0.15) is 17.6 Å². The van der Waals surface area contributed by atoms with Gasteiger partial charge in [-0.3, -0.25) is 9.59 Å². The van der Waals surface area contributed by atoms with E-state index in [-0.39, 0.29) is 34.8 Å². The van der Waals surface area contributed by atoms with Crippen molar-refractivity contribution < 1.29 is 36.6 Å². The molecule has 0 aromatic heterocycles. The molecule has 6 nitrogen and oxygen atoms in total. The van der Waals surface area contributed by atoms with Crippen LogP contribution in [0.5, 0.6) is 11.5 Å². The van der Waals surface area contributed by atoms with Gasteiger partial charge < -0.3 is 19.3 Å². The number of amides is 2. The van der Waals surface area contributed by atoms with Crippen molar-refractivity contribution in [2.75, 3.05) is 26.2 Å². The Labute approximate surface area is 177 Å². The predicted octanol–water partition coefficient (Wildman–Crippen LogP) is 3.76. The lowest BCUT2D eigenvalue weighted by atomic mass is 9.95. The normalized spacial score (nSPS) is 17.7. The summed E-state index contributed by atoms with van der Waals surface area (Å²) in [5.74, 6) is -0.978. The molecule has 0 unspecified atom stereocenters. The first kappa shape index (κ1) is 22.9. The van der Waals surface area contributed by atoms with E-state index in [0.29, 0.717) is 25.9 Å². The Kier molecular flexibility index (Phi) is 7.75. The lowest BCUT2D eigenvalue weighted by molar-refractivity contribution is -0.138. The average Bonchev–Trinajstić information content (AvgIpc) is 3.26. The van der Waals surface area contributed by atoms with Crippen LogP contribution < -0.4 is 9.47 Å². The molecule has 0 spiro atoms. The predicted molar refractivity (Wildman–Crippen MR) is 104 cm³/mol. The summed E-state index contributed by atoms with van der Waals surface area (Å²) in [7, 11) is 0. The smallest absolute Gasteiger partial charge is 0.387 e. The number of alkyl halides is 4. The van der Waals surface area contributed by atoms with Crippen molar-refractivity contribution in [3.63, 3.8) is 0 Å². The number of hydrogen-bond acceptors (Lipinski definition) is 4. The van der Waals surface area contributed by atoms with E-state index in [1.165, 1.54) is 24.3 Å². The SMILES string of the molecule is O=C(/C=C/c1ccc(OC(F)F)cc1OC(F)F)N1CCC(C(=O)N2CCCC2)CC1. The third-order valence-corrected chi connectivity index (χ3v) is 5.41. The fourth-order valence-corrected chi connectivity index (χ4v) is 3.84. The Morgan fingerprint density at radius 2 is 1.58 bits per heavy atom. The van der Waals surface area contributed by atoms with Gasteiger partial charge in [0, 0.05) is 49.8 Å². The van der Waals surface area contributed by atoms with Gasteiger partial charge in [0.25, 0.3) is 0 Å². The highest BCUT2D eigenvalue weighted by atomic mass is 19.3. The first-order valence-electron chi connectivity index (χ1n) is 10.1. The van der Waals surface area contributed by atoms with Crippen molar-refractivity contribution in [1.29, 1.82) is 0 Å². The molecular formula is C21H24F4N2O4. The van der Waals surface area contributed by atoms with Crippen molar-refractivity contribution in [1.82, 2.24) is 9.80 Å². The number of carbonyl (C=O) groups excluding carboxylic acids is 2. The fourth-order valence-electron chi connectivity index (χ4n) is 3.84. The van der Waals surface area contributed by atoms with Gasteiger partial charge in [0.1, 0.15) is 11.5 Å². The van der Waals surface area contributed by atoms with E-state index in [0.717, 1.165) is 32.0 Å². The number of piperidine rings is 1. The molecule has 0 aliphatic carbocycles. The summed E-state index contributed by atoms with van der Waals surface area (Å²) < 4.78 is 58.5.